The maximum Gasteiger partial charge on any atom is 0.201 e. The lowest BCUT2D eigenvalue weighted by molar-refractivity contribution is -0.170. The molecule has 2 fully saturated rings. The Balaban J connectivity index is 1.74. The molecule has 11 heteroatoms. The summed E-state index contributed by atoms with van der Waals surface area (Å²) in [7, 11) is 1.06. The lowest BCUT2D eigenvalue weighted by atomic mass is 9.81. The van der Waals surface area contributed by atoms with Crippen LogP contribution in [0.4, 0.5) is 0 Å². The van der Waals surface area contributed by atoms with Gasteiger partial charge < -0.3 is 38.0 Å². The topological polar surface area (TPSA) is 84.8 Å². The molecule has 60 heavy (non-hydrogen) atoms. The van der Waals surface area contributed by atoms with Gasteiger partial charge in [-0.25, -0.2) is 0 Å². The van der Waals surface area contributed by atoms with Gasteiger partial charge in [-0.2, -0.15) is 0 Å². The van der Waals surface area contributed by atoms with Gasteiger partial charge in [0.15, 0.2) is 5.79 Å². The molecular weight excluding hydrogens is 809 g/mol. The number of aliphatic hydroxyl groups excluding tert-OH is 1. The molecule has 0 unspecified atom stereocenters. The fourth-order valence-corrected chi connectivity index (χ4v) is 19.2. The summed E-state index contributed by atoms with van der Waals surface area (Å²) >= 11 is 4.00. The summed E-state index contributed by atoms with van der Waals surface area (Å²) in [6.45, 7) is 29.0. The van der Waals surface area contributed by atoms with Gasteiger partial charge in [-0.05, 0) is 96.5 Å². The number of hydrogen-bond donors (Lipinski definition) is 1. The van der Waals surface area contributed by atoms with Gasteiger partial charge in [0.25, 0.3) is 0 Å². The molecule has 2 aliphatic rings. The number of methoxy groups -OCH3 is 2. The SMILES string of the molecule is COc1ccc(CO[C@H]([C@@H](C)[C@H](OC)[C@@H]2COC(C)(C)O2)[C@H](C)[C@@H](O[Si](C(C)C)(C(C)C)C(C)C)/C(C)=C/[C@H](C)C2(C[C@H](O)COCc3ccccc3)SCCCS2)cc1. The molecule has 2 aromatic rings. The zero-order valence-corrected chi connectivity index (χ0v) is 42.0. The van der Waals surface area contributed by atoms with Crippen LogP contribution in [-0.2, 0) is 41.3 Å². The fraction of sp³-hybridized carbons (Fsp3) is 0.714. The first-order valence-electron chi connectivity index (χ1n) is 22.4. The zero-order chi connectivity index (χ0) is 44.3. The van der Waals surface area contributed by atoms with Crippen molar-refractivity contribution in [2.24, 2.45) is 17.8 Å². The standard InChI is InChI=1S/C49H80O8S2Si/c1-33(2)60(34(3)4,35(5)6)57-45(36(7)27-37(8)49(58-25-18-26-59-49)28-42(50)31-53-29-40-19-16-15-17-20-40)38(9)46(54-30-41-21-23-43(51-13)24-22-41)39(10)47(52-14)44-32-55-48(11,12)56-44/h15-17,19-24,27,33-35,37-39,42,44-47,50H,18,25-26,28-32H2,1-14H3/b36-27+/t37-,38+,39+,42-,44-,45-,46-,47-/m0/s1. The maximum absolute atomic E-state index is 11.5. The van der Waals surface area contributed by atoms with Crippen molar-refractivity contribution < 1.29 is 38.0 Å². The molecule has 0 aliphatic carbocycles. The van der Waals surface area contributed by atoms with Crippen LogP contribution in [0, 0.1) is 17.8 Å². The molecule has 8 nitrogen and oxygen atoms in total. The molecule has 8 atom stereocenters. The molecule has 0 spiro atoms. The summed E-state index contributed by atoms with van der Waals surface area (Å²) in [4.78, 5) is 0. The Morgan fingerprint density at radius 3 is 1.98 bits per heavy atom. The van der Waals surface area contributed by atoms with Crippen molar-refractivity contribution in [1.82, 2.24) is 0 Å². The van der Waals surface area contributed by atoms with E-state index in [-0.39, 0.29) is 46.2 Å². The normalized spacial score (nSPS) is 22.1. The molecule has 4 rings (SSSR count). The van der Waals surface area contributed by atoms with E-state index in [0.717, 1.165) is 28.4 Å². The third-order valence-electron chi connectivity index (χ3n) is 12.9. The van der Waals surface area contributed by atoms with Gasteiger partial charge in [0.1, 0.15) is 11.9 Å². The Morgan fingerprint density at radius 2 is 1.45 bits per heavy atom. The van der Waals surface area contributed by atoms with E-state index in [1.807, 2.05) is 67.7 Å². The first kappa shape index (κ1) is 51.3. The highest BCUT2D eigenvalue weighted by Gasteiger charge is 2.50. The lowest BCUT2D eigenvalue weighted by Crippen LogP contribution is -2.54. The van der Waals surface area contributed by atoms with E-state index in [1.165, 1.54) is 12.0 Å². The van der Waals surface area contributed by atoms with Crippen LogP contribution in [0.3, 0.4) is 0 Å². The molecule has 0 amide bonds. The number of thioether (sulfide) groups is 2. The Morgan fingerprint density at radius 1 is 0.850 bits per heavy atom. The van der Waals surface area contributed by atoms with Crippen LogP contribution in [0.5, 0.6) is 5.75 Å². The quantitative estimate of drug-likeness (QED) is 0.0812. The zero-order valence-electron chi connectivity index (χ0n) is 39.4. The van der Waals surface area contributed by atoms with Crippen molar-refractivity contribution in [2.75, 3.05) is 38.9 Å². The lowest BCUT2D eigenvalue weighted by Gasteiger charge is -2.48. The number of hydrogen-bond acceptors (Lipinski definition) is 10. The third kappa shape index (κ3) is 13.3. The van der Waals surface area contributed by atoms with Crippen molar-refractivity contribution in [3.63, 3.8) is 0 Å². The fourth-order valence-electron chi connectivity index (χ4n) is 9.93. The van der Waals surface area contributed by atoms with Gasteiger partial charge in [0.2, 0.25) is 8.32 Å². The van der Waals surface area contributed by atoms with E-state index in [9.17, 15) is 5.11 Å². The van der Waals surface area contributed by atoms with Crippen LogP contribution in [0.15, 0.2) is 66.2 Å². The summed E-state index contributed by atoms with van der Waals surface area (Å²) in [6, 6.07) is 18.3. The van der Waals surface area contributed by atoms with Gasteiger partial charge in [-0.3, -0.25) is 0 Å². The van der Waals surface area contributed by atoms with Crippen LogP contribution < -0.4 is 4.74 Å². The van der Waals surface area contributed by atoms with E-state index in [0.29, 0.717) is 49.5 Å². The van der Waals surface area contributed by atoms with Crippen LogP contribution in [0.1, 0.15) is 107 Å². The Labute approximate surface area is 374 Å². The average Bonchev–Trinajstić information content (AvgIpc) is 3.57. The largest absolute Gasteiger partial charge is 0.497 e. The third-order valence-corrected chi connectivity index (χ3v) is 22.7. The average molecular weight is 889 g/mol. The highest BCUT2D eigenvalue weighted by Crippen LogP contribution is 2.52. The molecule has 0 saturated carbocycles. The molecule has 0 radical (unpaired) electrons. The molecule has 1 N–H and O–H groups in total. The molecule has 2 aromatic carbocycles. The highest BCUT2D eigenvalue weighted by atomic mass is 32.2. The smallest absolute Gasteiger partial charge is 0.201 e. The van der Waals surface area contributed by atoms with E-state index < -0.39 is 20.2 Å². The van der Waals surface area contributed by atoms with Crippen molar-refractivity contribution in [2.45, 2.75) is 166 Å². The second-order valence-electron chi connectivity index (χ2n) is 18.7. The molecular formula is C49H80O8S2Si. The van der Waals surface area contributed by atoms with Crippen LogP contribution >= 0.6 is 23.5 Å². The highest BCUT2D eigenvalue weighted by molar-refractivity contribution is 8.18. The number of rotatable bonds is 24. The summed E-state index contributed by atoms with van der Waals surface area (Å²) < 4.78 is 45.2. The minimum Gasteiger partial charge on any atom is -0.497 e. The van der Waals surface area contributed by atoms with E-state index in [4.69, 9.17) is 32.8 Å². The molecule has 340 valence electrons. The van der Waals surface area contributed by atoms with Crippen LogP contribution in [0.2, 0.25) is 16.6 Å². The Hall–Kier alpha value is -1.38. The second-order valence-corrected chi connectivity index (χ2v) is 27.2. The minimum absolute atomic E-state index is 0.0580. The van der Waals surface area contributed by atoms with Crippen LogP contribution in [0.25, 0.3) is 0 Å². The van der Waals surface area contributed by atoms with Gasteiger partial charge in [-0.1, -0.05) is 111 Å². The first-order valence-corrected chi connectivity index (χ1v) is 26.5. The van der Waals surface area contributed by atoms with E-state index >= 15 is 0 Å². The van der Waals surface area contributed by atoms with Crippen molar-refractivity contribution >= 4 is 31.8 Å². The van der Waals surface area contributed by atoms with Crippen molar-refractivity contribution in [1.29, 1.82) is 0 Å². The molecule has 2 saturated heterocycles. The van der Waals surface area contributed by atoms with Gasteiger partial charge in [0.05, 0.1) is 62.0 Å². The number of benzene rings is 2. The molecule has 0 aromatic heterocycles. The predicted octanol–water partition coefficient (Wildman–Crippen LogP) is 11.7. The Bertz CT molecular complexity index is 1540. The second kappa shape index (κ2) is 23.5. The first-order chi connectivity index (χ1) is 28.4. The summed E-state index contributed by atoms with van der Waals surface area (Å²) in [5.41, 5.74) is 4.59. The Kier molecular flexibility index (Phi) is 20.1. The number of aliphatic hydroxyl groups is 1. The number of allylic oxidation sites excluding steroid dienone is 1. The van der Waals surface area contributed by atoms with E-state index in [1.54, 1.807) is 14.2 Å². The van der Waals surface area contributed by atoms with Crippen molar-refractivity contribution in [3.05, 3.63) is 77.4 Å². The summed E-state index contributed by atoms with van der Waals surface area (Å²) in [5.74, 6) is 2.30. The van der Waals surface area contributed by atoms with Gasteiger partial charge >= 0.3 is 0 Å². The summed E-state index contributed by atoms with van der Waals surface area (Å²) in [5, 5.41) is 11.5. The summed E-state index contributed by atoms with van der Waals surface area (Å²) in [6.07, 6.45) is 2.71. The minimum atomic E-state index is -2.41. The monoisotopic (exact) mass is 889 g/mol. The molecule has 2 aliphatic heterocycles. The van der Waals surface area contributed by atoms with Crippen molar-refractivity contribution in [3.8, 4) is 5.75 Å². The number of ether oxygens (including phenoxy) is 6. The molecule has 0 bridgehead atoms. The van der Waals surface area contributed by atoms with E-state index in [2.05, 4.69) is 99.6 Å². The molecule has 2 heterocycles. The van der Waals surface area contributed by atoms with Gasteiger partial charge in [0, 0.05) is 18.9 Å². The van der Waals surface area contributed by atoms with Crippen LogP contribution in [-0.4, -0.2) is 92.7 Å². The predicted molar refractivity (Wildman–Crippen MR) is 253 cm³/mol. The maximum atomic E-state index is 11.5. The van der Waals surface area contributed by atoms with Gasteiger partial charge in [-0.15, -0.1) is 23.5 Å².